The molecule has 1 aliphatic carbocycles. The quantitative estimate of drug-likeness (QED) is 0.764. The molecule has 1 fully saturated rings. The summed E-state index contributed by atoms with van der Waals surface area (Å²) in [5.74, 6) is -0.544. The van der Waals surface area contributed by atoms with Gasteiger partial charge in [-0.3, -0.25) is 0 Å². The summed E-state index contributed by atoms with van der Waals surface area (Å²) in [5, 5.41) is 3.21. The number of hydrogen-bond acceptors (Lipinski definition) is 3. The summed E-state index contributed by atoms with van der Waals surface area (Å²) in [5.41, 5.74) is 0.541. The van der Waals surface area contributed by atoms with Crippen molar-refractivity contribution in [2.75, 3.05) is 13.1 Å². The van der Waals surface area contributed by atoms with Crippen LogP contribution in [0.1, 0.15) is 18.4 Å². The van der Waals surface area contributed by atoms with Gasteiger partial charge < -0.3 is 5.32 Å². The summed E-state index contributed by atoms with van der Waals surface area (Å²) in [6.07, 6.45) is 2.32. The standard InChI is InChI=1S/C12H17FN2O2S/c1-9-2-3-10(13)8-12(9)18(16,17)15-7-6-14-11-4-5-11/h2-3,8,11,14-15H,4-7H2,1H3. The van der Waals surface area contributed by atoms with E-state index in [1.165, 1.54) is 12.1 Å². The van der Waals surface area contributed by atoms with Crippen LogP contribution in [-0.2, 0) is 10.0 Å². The molecule has 1 aromatic carbocycles. The maximum absolute atomic E-state index is 13.1. The summed E-state index contributed by atoms with van der Waals surface area (Å²) in [6, 6.07) is 4.31. The van der Waals surface area contributed by atoms with Gasteiger partial charge >= 0.3 is 0 Å². The molecule has 0 bridgehead atoms. The van der Waals surface area contributed by atoms with E-state index in [4.69, 9.17) is 0 Å². The molecule has 100 valence electrons. The Labute approximate surface area is 107 Å². The Bertz CT molecular complexity index is 527. The molecular formula is C12H17FN2O2S. The van der Waals surface area contributed by atoms with Crippen molar-refractivity contribution in [3.63, 3.8) is 0 Å². The van der Waals surface area contributed by atoms with E-state index in [1.54, 1.807) is 6.92 Å². The summed E-state index contributed by atoms with van der Waals surface area (Å²) in [4.78, 5) is 0.00826. The molecule has 0 spiro atoms. The second-order valence-corrected chi connectivity index (χ2v) is 6.27. The minimum atomic E-state index is -3.62. The Morgan fingerprint density at radius 3 is 2.72 bits per heavy atom. The zero-order valence-electron chi connectivity index (χ0n) is 10.2. The number of aryl methyl sites for hydroxylation is 1. The van der Waals surface area contributed by atoms with E-state index >= 15 is 0 Å². The van der Waals surface area contributed by atoms with Gasteiger partial charge in [0.15, 0.2) is 0 Å². The molecule has 1 aliphatic rings. The highest BCUT2D eigenvalue weighted by molar-refractivity contribution is 7.89. The highest BCUT2D eigenvalue weighted by Crippen LogP contribution is 2.18. The summed E-state index contributed by atoms with van der Waals surface area (Å²) >= 11 is 0. The third-order valence-electron chi connectivity index (χ3n) is 2.87. The molecule has 18 heavy (non-hydrogen) atoms. The van der Waals surface area contributed by atoms with Crippen molar-refractivity contribution in [3.8, 4) is 0 Å². The van der Waals surface area contributed by atoms with E-state index in [2.05, 4.69) is 10.0 Å². The highest BCUT2D eigenvalue weighted by atomic mass is 32.2. The molecule has 0 aliphatic heterocycles. The molecule has 0 atom stereocenters. The zero-order valence-corrected chi connectivity index (χ0v) is 11.1. The van der Waals surface area contributed by atoms with Crippen LogP contribution in [0.15, 0.2) is 23.1 Å². The third kappa shape index (κ3) is 3.51. The lowest BCUT2D eigenvalue weighted by Crippen LogP contribution is -2.33. The van der Waals surface area contributed by atoms with Gasteiger partial charge in [-0.15, -0.1) is 0 Å². The number of sulfonamides is 1. The molecule has 0 aromatic heterocycles. The van der Waals surface area contributed by atoms with Gasteiger partial charge in [0.1, 0.15) is 5.82 Å². The number of benzene rings is 1. The van der Waals surface area contributed by atoms with Gasteiger partial charge in [-0.2, -0.15) is 0 Å². The Morgan fingerprint density at radius 2 is 2.06 bits per heavy atom. The molecule has 0 heterocycles. The minimum absolute atomic E-state index is 0.00826. The first-order valence-corrected chi connectivity index (χ1v) is 7.46. The summed E-state index contributed by atoms with van der Waals surface area (Å²) in [7, 11) is -3.62. The van der Waals surface area contributed by atoms with Crippen LogP contribution in [0.25, 0.3) is 0 Å². The lowest BCUT2D eigenvalue weighted by atomic mass is 10.2. The Balaban J connectivity index is 1.97. The largest absolute Gasteiger partial charge is 0.313 e. The molecule has 0 saturated heterocycles. The summed E-state index contributed by atoms with van der Waals surface area (Å²) < 4.78 is 39.5. The van der Waals surface area contributed by atoms with Crippen LogP contribution in [0.2, 0.25) is 0 Å². The van der Waals surface area contributed by atoms with E-state index in [1.807, 2.05) is 0 Å². The van der Waals surface area contributed by atoms with Gasteiger partial charge in [-0.05, 0) is 37.5 Å². The molecule has 4 nitrogen and oxygen atoms in total. The van der Waals surface area contributed by atoms with Crippen molar-refractivity contribution in [1.82, 2.24) is 10.0 Å². The van der Waals surface area contributed by atoms with E-state index < -0.39 is 15.8 Å². The molecular weight excluding hydrogens is 255 g/mol. The van der Waals surface area contributed by atoms with Crippen molar-refractivity contribution < 1.29 is 12.8 Å². The predicted molar refractivity (Wildman–Crippen MR) is 67.4 cm³/mol. The van der Waals surface area contributed by atoms with E-state index in [9.17, 15) is 12.8 Å². The van der Waals surface area contributed by atoms with Crippen molar-refractivity contribution >= 4 is 10.0 Å². The fourth-order valence-corrected chi connectivity index (χ4v) is 2.98. The first kappa shape index (κ1) is 13.5. The van der Waals surface area contributed by atoms with Crippen LogP contribution in [0.4, 0.5) is 4.39 Å². The van der Waals surface area contributed by atoms with Crippen LogP contribution in [0.3, 0.4) is 0 Å². The monoisotopic (exact) mass is 272 g/mol. The average molecular weight is 272 g/mol. The molecule has 0 amide bonds. The smallest absolute Gasteiger partial charge is 0.240 e. The van der Waals surface area contributed by atoms with Crippen LogP contribution in [-0.4, -0.2) is 27.5 Å². The summed E-state index contributed by atoms with van der Waals surface area (Å²) in [6.45, 7) is 2.56. The Hall–Kier alpha value is -0.980. The fourth-order valence-electron chi connectivity index (χ4n) is 1.69. The number of nitrogens with one attached hydrogen (secondary N) is 2. The van der Waals surface area contributed by atoms with Gasteiger partial charge in [0, 0.05) is 19.1 Å². The SMILES string of the molecule is Cc1ccc(F)cc1S(=O)(=O)NCCNC1CC1. The van der Waals surface area contributed by atoms with Crippen LogP contribution >= 0.6 is 0 Å². The first-order chi connectivity index (χ1) is 8.49. The van der Waals surface area contributed by atoms with Crippen molar-refractivity contribution in [3.05, 3.63) is 29.6 Å². The number of hydrogen-bond donors (Lipinski definition) is 2. The van der Waals surface area contributed by atoms with Crippen molar-refractivity contribution in [2.24, 2.45) is 0 Å². The molecule has 1 saturated carbocycles. The molecule has 6 heteroatoms. The molecule has 2 N–H and O–H groups in total. The zero-order chi connectivity index (χ0) is 13.2. The minimum Gasteiger partial charge on any atom is -0.313 e. The molecule has 0 radical (unpaired) electrons. The van der Waals surface area contributed by atoms with E-state index in [0.29, 0.717) is 24.7 Å². The average Bonchev–Trinajstić information content (AvgIpc) is 3.12. The van der Waals surface area contributed by atoms with Crippen LogP contribution < -0.4 is 10.0 Å². The van der Waals surface area contributed by atoms with Crippen LogP contribution in [0.5, 0.6) is 0 Å². The van der Waals surface area contributed by atoms with Gasteiger partial charge in [0.25, 0.3) is 0 Å². The second-order valence-electron chi connectivity index (χ2n) is 4.54. The third-order valence-corrected chi connectivity index (χ3v) is 4.47. The lowest BCUT2D eigenvalue weighted by Gasteiger charge is -2.09. The molecule has 2 rings (SSSR count). The normalized spacial score (nSPS) is 15.9. The topological polar surface area (TPSA) is 58.2 Å². The Morgan fingerprint density at radius 1 is 1.33 bits per heavy atom. The molecule has 1 aromatic rings. The second kappa shape index (κ2) is 5.34. The van der Waals surface area contributed by atoms with Gasteiger partial charge in [-0.1, -0.05) is 6.07 Å². The van der Waals surface area contributed by atoms with Crippen LogP contribution in [0, 0.1) is 12.7 Å². The predicted octanol–water partition coefficient (Wildman–Crippen LogP) is 1.16. The lowest BCUT2D eigenvalue weighted by molar-refractivity contribution is 0.571. The fraction of sp³-hybridized carbons (Fsp3) is 0.500. The Kier molecular flexibility index (Phi) is 3.99. The van der Waals surface area contributed by atoms with Gasteiger partial charge in [-0.25, -0.2) is 17.5 Å². The maximum Gasteiger partial charge on any atom is 0.240 e. The van der Waals surface area contributed by atoms with Crippen molar-refractivity contribution in [1.29, 1.82) is 0 Å². The van der Waals surface area contributed by atoms with Gasteiger partial charge in [0.05, 0.1) is 4.90 Å². The highest BCUT2D eigenvalue weighted by Gasteiger charge is 2.21. The number of rotatable bonds is 6. The number of halogens is 1. The van der Waals surface area contributed by atoms with E-state index in [0.717, 1.165) is 18.9 Å². The molecule has 0 unspecified atom stereocenters. The van der Waals surface area contributed by atoms with Gasteiger partial charge in [0.2, 0.25) is 10.0 Å². The van der Waals surface area contributed by atoms with Crippen molar-refractivity contribution in [2.45, 2.75) is 30.7 Å². The van der Waals surface area contributed by atoms with E-state index in [-0.39, 0.29) is 4.90 Å². The first-order valence-electron chi connectivity index (χ1n) is 5.98. The maximum atomic E-state index is 13.1.